The van der Waals surface area contributed by atoms with E-state index in [1.165, 1.54) is 18.4 Å². The fraction of sp³-hybridized carbons (Fsp3) is 0.500. The molecule has 2 aliphatic rings. The van der Waals surface area contributed by atoms with E-state index in [-0.39, 0.29) is 5.91 Å². The van der Waals surface area contributed by atoms with Gasteiger partial charge in [-0.2, -0.15) is 0 Å². The summed E-state index contributed by atoms with van der Waals surface area (Å²) in [7, 11) is 0. The SMILES string of the molecule is O=C(NC1CC1)C(Cl)c1ccccc1C1CC1. The van der Waals surface area contributed by atoms with Crippen molar-refractivity contribution >= 4 is 17.5 Å². The number of nitrogens with one attached hydrogen (secondary N) is 1. The van der Waals surface area contributed by atoms with Crippen LogP contribution in [0.5, 0.6) is 0 Å². The van der Waals surface area contributed by atoms with Gasteiger partial charge in [0, 0.05) is 6.04 Å². The molecule has 0 saturated heterocycles. The van der Waals surface area contributed by atoms with Crippen molar-refractivity contribution in [3.63, 3.8) is 0 Å². The summed E-state index contributed by atoms with van der Waals surface area (Å²) >= 11 is 6.29. The van der Waals surface area contributed by atoms with Crippen LogP contribution in [0.25, 0.3) is 0 Å². The molecule has 1 atom stereocenters. The van der Waals surface area contributed by atoms with Crippen LogP contribution < -0.4 is 5.32 Å². The summed E-state index contributed by atoms with van der Waals surface area (Å²) in [5.41, 5.74) is 2.26. The van der Waals surface area contributed by atoms with E-state index in [1.807, 2.05) is 18.2 Å². The molecule has 1 N–H and O–H groups in total. The van der Waals surface area contributed by atoms with E-state index in [0.717, 1.165) is 18.4 Å². The molecule has 0 spiro atoms. The molecule has 0 aromatic heterocycles. The molecule has 2 nitrogen and oxygen atoms in total. The van der Waals surface area contributed by atoms with Crippen LogP contribution in [0.2, 0.25) is 0 Å². The minimum atomic E-state index is -0.535. The van der Waals surface area contributed by atoms with Gasteiger partial charge in [-0.1, -0.05) is 24.3 Å². The smallest absolute Gasteiger partial charge is 0.242 e. The Bertz CT molecular complexity index is 438. The zero-order valence-corrected chi connectivity index (χ0v) is 10.4. The van der Waals surface area contributed by atoms with Crippen molar-refractivity contribution in [1.29, 1.82) is 0 Å². The maximum absolute atomic E-state index is 11.9. The van der Waals surface area contributed by atoms with Crippen LogP contribution in [0, 0.1) is 0 Å². The number of hydrogen-bond acceptors (Lipinski definition) is 1. The fourth-order valence-electron chi connectivity index (χ4n) is 2.15. The van der Waals surface area contributed by atoms with Crippen molar-refractivity contribution in [2.24, 2.45) is 0 Å². The van der Waals surface area contributed by atoms with E-state index in [2.05, 4.69) is 11.4 Å². The number of rotatable bonds is 4. The minimum absolute atomic E-state index is 0.0396. The van der Waals surface area contributed by atoms with Gasteiger partial charge >= 0.3 is 0 Å². The molecule has 2 fully saturated rings. The first-order valence-electron chi connectivity index (χ1n) is 6.29. The van der Waals surface area contributed by atoms with Crippen molar-refractivity contribution in [1.82, 2.24) is 5.32 Å². The Morgan fingerprint density at radius 2 is 1.94 bits per heavy atom. The number of amides is 1. The highest BCUT2D eigenvalue weighted by atomic mass is 35.5. The van der Waals surface area contributed by atoms with Gasteiger partial charge in [0.25, 0.3) is 0 Å². The Morgan fingerprint density at radius 1 is 1.24 bits per heavy atom. The summed E-state index contributed by atoms with van der Waals surface area (Å²) in [6.07, 6.45) is 4.65. The van der Waals surface area contributed by atoms with E-state index in [1.54, 1.807) is 0 Å². The first-order valence-corrected chi connectivity index (χ1v) is 6.72. The third-order valence-corrected chi connectivity index (χ3v) is 3.87. The maximum Gasteiger partial charge on any atom is 0.242 e. The Balaban J connectivity index is 1.79. The van der Waals surface area contributed by atoms with Crippen LogP contribution >= 0.6 is 11.6 Å². The molecule has 1 aromatic carbocycles. The average molecular weight is 250 g/mol. The fourth-order valence-corrected chi connectivity index (χ4v) is 2.41. The zero-order valence-electron chi connectivity index (χ0n) is 9.66. The molecule has 2 aliphatic carbocycles. The Kier molecular flexibility index (Phi) is 2.83. The number of carbonyl (C=O) groups is 1. The molecule has 0 heterocycles. The van der Waals surface area contributed by atoms with Gasteiger partial charge in [-0.3, -0.25) is 4.79 Å². The maximum atomic E-state index is 11.9. The van der Waals surface area contributed by atoms with Crippen LogP contribution in [0.15, 0.2) is 24.3 Å². The van der Waals surface area contributed by atoms with Crippen molar-refractivity contribution in [2.75, 3.05) is 0 Å². The van der Waals surface area contributed by atoms with Crippen LogP contribution in [-0.2, 0) is 4.79 Å². The second-order valence-corrected chi connectivity index (χ2v) is 5.49. The Labute approximate surface area is 106 Å². The molecular weight excluding hydrogens is 234 g/mol. The van der Waals surface area contributed by atoms with E-state index >= 15 is 0 Å². The number of hydrogen-bond donors (Lipinski definition) is 1. The van der Waals surface area contributed by atoms with Crippen molar-refractivity contribution in [3.05, 3.63) is 35.4 Å². The number of carbonyl (C=O) groups excluding carboxylic acids is 1. The van der Waals surface area contributed by atoms with Crippen molar-refractivity contribution in [3.8, 4) is 0 Å². The van der Waals surface area contributed by atoms with E-state index in [9.17, 15) is 4.79 Å². The van der Waals surface area contributed by atoms with Gasteiger partial charge in [0.1, 0.15) is 5.38 Å². The van der Waals surface area contributed by atoms with Gasteiger partial charge < -0.3 is 5.32 Å². The standard InChI is InChI=1S/C14H16ClNO/c15-13(14(17)16-10-7-8-10)12-4-2-1-3-11(12)9-5-6-9/h1-4,9-10,13H,5-8H2,(H,16,17). The average Bonchev–Trinajstić information content (AvgIpc) is 3.21. The second kappa shape index (κ2) is 4.34. The lowest BCUT2D eigenvalue weighted by atomic mass is 10.00. The molecule has 0 bridgehead atoms. The van der Waals surface area contributed by atoms with Gasteiger partial charge in [-0.25, -0.2) is 0 Å². The van der Waals surface area contributed by atoms with Crippen molar-refractivity contribution < 1.29 is 4.79 Å². The first kappa shape index (κ1) is 11.1. The van der Waals surface area contributed by atoms with E-state index in [0.29, 0.717) is 12.0 Å². The third-order valence-electron chi connectivity index (χ3n) is 3.44. The number of alkyl halides is 1. The normalized spacial score (nSPS) is 21.0. The highest BCUT2D eigenvalue weighted by molar-refractivity contribution is 6.31. The Morgan fingerprint density at radius 3 is 2.59 bits per heavy atom. The molecule has 90 valence electrons. The predicted molar refractivity (Wildman–Crippen MR) is 68.2 cm³/mol. The summed E-state index contributed by atoms with van der Waals surface area (Å²) in [6.45, 7) is 0. The lowest BCUT2D eigenvalue weighted by Crippen LogP contribution is -2.29. The monoisotopic (exact) mass is 249 g/mol. The van der Waals surface area contributed by atoms with Gasteiger partial charge in [0.15, 0.2) is 0 Å². The molecule has 2 saturated carbocycles. The lowest BCUT2D eigenvalue weighted by Gasteiger charge is -2.14. The summed E-state index contributed by atoms with van der Waals surface area (Å²) in [5, 5.41) is 2.43. The molecule has 0 radical (unpaired) electrons. The zero-order chi connectivity index (χ0) is 11.8. The minimum Gasteiger partial charge on any atom is -0.352 e. The first-order chi connectivity index (χ1) is 8.25. The van der Waals surface area contributed by atoms with Gasteiger partial charge in [0.05, 0.1) is 0 Å². The number of halogens is 1. The summed E-state index contributed by atoms with van der Waals surface area (Å²) in [5.74, 6) is 0.587. The predicted octanol–water partition coefficient (Wildman–Crippen LogP) is 3.12. The van der Waals surface area contributed by atoms with Crippen LogP contribution in [0.4, 0.5) is 0 Å². The van der Waals surface area contributed by atoms with Gasteiger partial charge in [-0.15, -0.1) is 11.6 Å². The van der Waals surface area contributed by atoms with E-state index in [4.69, 9.17) is 11.6 Å². The molecule has 3 rings (SSSR count). The highest BCUT2D eigenvalue weighted by Gasteiger charge is 2.31. The third kappa shape index (κ3) is 2.47. The van der Waals surface area contributed by atoms with Crippen molar-refractivity contribution in [2.45, 2.75) is 43.0 Å². The highest BCUT2D eigenvalue weighted by Crippen LogP contribution is 2.43. The van der Waals surface area contributed by atoms with Crippen LogP contribution in [0.1, 0.15) is 48.1 Å². The van der Waals surface area contributed by atoms with Crippen LogP contribution in [0.3, 0.4) is 0 Å². The molecule has 0 aliphatic heterocycles. The molecule has 1 unspecified atom stereocenters. The molecule has 1 aromatic rings. The Hall–Kier alpha value is -1.02. The quantitative estimate of drug-likeness (QED) is 0.817. The van der Waals surface area contributed by atoms with Crippen LogP contribution in [-0.4, -0.2) is 11.9 Å². The lowest BCUT2D eigenvalue weighted by molar-refractivity contribution is -0.121. The van der Waals surface area contributed by atoms with Gasteiger partial charge in [0.2, 0.25) is 5.91 Å². The number of benzene rings is 1. The van der Waals surface area contributed by atoms with Gasteiger partial charge in [-0.05, 0) is 42.7 Å². The molecule has 3 heteroatoms. The largest absolute Gasteiger partial charge is 0.352 e. The summed E-state index contributed by atoms with van der Waals surface area (Å²) < 4.78 is 0. The summed E-state index contributed by atoms with van der Waals surface area (Å²) in [4.78, 5) is 11.9. The topological polar surface area (TPSA) is 29.1 Å². The van der Waals surface area contributed by atoms with E-state index < -0.39 is 5.38 Å². The second-order valence-electron chi connectivity index (χ2n) is 5.05. The molecular formula is C14H16ClNO. The molecule has 17 heavy (non-hydrogen) atoms. The summed E-state index contributed by atoms with van der Waals surface area (Å²) in [6, 6.07) is 8.45. The molecule has 1 amide bonds.